The number of rotatable bonds is 5. The second-order valence-electron chi connectivity index (χ2n) is 5.13. The molecule has 0 aliphatic carbocycles. The number of hydrogen-bond acceptors (Lipinski definition) is 7. The van der Waals surface area contributed by atoms with Crippen LogP contribution in [0.3, 0.4) is 0 Å². The summed E-state index contributed by atoms with van der Waals surface area (Å²) in [5.74, 6) is -0.0848. The van der Waals surface area contributed by atoms with Gasteiger partial charge in [-0.15, -0.1) is 11.3 Å². The minimum atomic E-state index is -0.461. The van der Waals surface area contributed by atoms with E-state index in [1.54, 1.807) is 29.6 Å². The van der Waals surface area contributed by atoms with E-state index in [9.17, 15) is 10.1 Å². The van der Waals surface area contributed by atoms with Crippen LogP contribution in [0.1, 0.15) is 11.3 Å². The van der Waals surface area contributed by atoms with E-state index in [-0.39, 0.29) is 17.4 Å². The van der Waals surface area contributed by atoms with Gasteiger partial charge in [0.25, 0.3) is 5.69 Å². The maximum atomic E-state index is 10.9. The number of hydrogen-bond donors (Lipinski definition) is 3. The van der Waals surface area contributed by atoms with Gasteiger partial charge in [-0.3, -0.25) is 20.5 Å². The topological polar surface area (TPSA) is 157 Å². The number of benzene rings is 1. The number of nitrogen functional groups attached to an aromatic ring is 1. The maximum Gasteiger partial charge on any atom is 0.270 e. The predicted molar refractivity (Wildman–Crippen MR) is 99.8 cm³/mol. The van der Waals surface area contributed by atoms with Gasteiger partial charge in [0.05, 0.1) is 10.6 Å². The van der Waals surface area contributed by atoms with Crippen LogP contribution in [0.15, 0.2) is 53.0 Å². The molecule has 0 saturated heterocycles. The summed E-state index contributed by atoms with van der Waals surface area (Å²) in [5, 5.41) is 20.6. The average Bonchev–Trinajstić information content (AvgIpc) is 3.10. The molecule has 9 nitrogen and oxygen atoms in total. The molecular weight excluding hydrogens is 354 g/mol. The zero-order chi connectivity index (χ0) is 18.7. The lowest BCUT2D eigenvalue weighted by Crippen LogP contribution is -2.22. The van der Waals surface area contributed by atoms with Gasteiger partial charge in [0, 0.05) is 34.8 Å². The third-order valence-corrected chi connectivity index (χ3v) is 4.14. The highest BCUT2D eigenvalue weighted by Gasteiger charge is 2.13. The van der Waals surface area contributed by atoms with Crippen molar-refractivity contribution in [2.45, 2.75) is 0 Å². The normalized spacial score (nSPS) is 11.3. The Balaban J connectivity index is 1.93. The van der Waals surface area contributed by atoms with Crippen molar-refractivity contribution >= 4 is 33.8 Å². The number of nitro groups is 1. The van der Waals surface area contributed by atoms with Gasteiger partial charge in [-0.2, -0.15) is 4.99 Å². The largest absolute Gasteiger partial charge is 0.384 e. The number of nitro benzene ring substituents is 1. The van der Waals surface area contributed by atoms with Gasteiger partial charge in [0.2, 0.25) is 5.13 Å². The van der Waals surface area contributed by atoms with Crippen molar-refractivity contribution in [1.82, 2.24) is 9.97 Å². The number of aliphatic imine (C=N–C) groups is 1. The third kappa shape index (κ3) is 3.54. The highest BCUT2D eigenvalue weighted by Crippen LogP contribution is 2.29. The molecule has 130 valence electrons. The van der Waals surface area contributed by atoms with Gasteiger partial charge < -0.3 is 11.5 Å². The molecule has 0 radical (unpaired) electrons. The minimum absolute atomic E-state index is 0.0142. The summed E-state index contributed by atoms with van der Waals surface area (Å²) in [7, 11) is 0. The fraction of sp³-hybridized carbons (Fsp3) is 0. The molecule has 0 saturated carbocycles. The summed E-state index contributed by atoms with van der Waals surface area (Å²) in [5.41, 5.74) is 13.3. The summed E-state index contributed by atoms with van der Waals surface area (Å²) in [6.07, 6.45) is 1.53. The van der Waals surface area contributed by atoms with Gasteiger partial charge in [0.1, 0.15) is 11.5 Å². The molecule has 3 rings (SSSR count). The number of nitrogens with zero attached hydrogens (tertiary/aromatic N) is 4. The summed E-state index contributed by atoms with van der Waals surface area (Å²) < 4.78 is 0. The molecule has 26 heavy (non-hydrogen) atoms. The summed E-state index contributed by atoms with van der Waals surface area (Å²) >= 11 is 1.23. The molecule has 0 amide bonds. The van der Waals surface area contributed by atoms with Crippen LogP contribution in [0, 0.1) is 15.5 Å². The molecule has 0 fully saturated rings. The van der Waals surface area contributed by atoms with Crippen molar-refractivity contribution in [2.24, 2.45) is 16.5 Å². The zero-order valence-electron chi connectivity index (χ0n) is 13.3. The number of aromatic nitrogens is 2. The first kappa shape index (κ1) is 17.2. The monoisotopic (exact) mass is 367 g/mol. The SMILES string of the molecule is N=C(N)c1cccnc1/C(N)=N/c1nc(-c2cccc([N+](=O)[O-])c2)cs1. The first-order valence-electron chi connectivity index (χ1n) is 7.30. The Bertz CT molecular complexity index is 1030. The molecule has 0 aliphatic heterocycles. The second-order valence-corrected chi connectivity index (χ2v) is 5.97. The molecule has 0 bridgehead atoms. The Morgan fingerprint density at radius 2 is 2.08 bits per heavy atom. The number of thiazole rings is 1. The lowest BCUT2D eigenvalue weighted by Gasteiger charge is -2.05. The fourth-order valence-electron chi connectivity index (χ4n) is 2.21. The van der Waals surface area contributed by atoms with Crippen molar-refractivity contribution in [3.05, 3.63) is 69.3 Å². The minimum Gasteiger partial charge on any atom is -0.384 e. The molecule has 2 heterocycles. The Morgan fingerprint density at radius 1 is 1.27 bits per heavy atom. The number of nitrogens with one attached hydrogen (secondary N) is 1. The van der Waals surface area contributed by atoms with Crippen LogP contribution in [-0.2, 0) is 0 Å². The molecular formula is C16H13N7O2S. The van der Waals surface area contributed by atoms with Crippen LogP contribution in [0.25, 0.3) is 11.3 Å². The molecule has 0 spiro atoms. The smallest absolute Gasteiger partial charge is 0.270 e. The van der Waals surface area contributed by atoms with Gasteiger partial charge in [-0.25, -0.2) is 4.98 Å². The lowest BCUT2D eigenvalue weighted by molar-refractivity contribution is -0.384. The van der Waals surface area contributed by atoms with E-state index >= 15 is 0 Å². The molecule has 1 aromatic carbocycles. The molecule has 0 atom stereocenters. The van der Waals surface area contributed by atoms with Gasteiger partial charge in [-0.1, -0.05) is 12.1 Å². The van der Waals surface area contributed by atoms with E-state index in [4.69, 9.17) is 16.9 Å². The Hall–Kier alpha value is -3.66. The van der Waals surface area contributed by atoms with Crippen LogP contribution >= 0.6 is 11.3 Å². The van der Waals surface area contributed by atoms with E-state index < -0.39 is 4.92 Å². The first-order valence-corrected chi connectivity index (χ1v) is 8.18. The van der Waals surface area contributed by atoms with Crippen LogP contribution < -0.4 is 11.5 Å². The van der Waals surface area contributed by atoms with E-state index in [1.807, 2.05) is 0 Å². The summed E-state index contributed by atoms with van der Waals surface area (Å²) in [4.78, 5) is 23.1. The van der Waals surface area contributed by atoms with Crippen LogP contribution in [-0.4, -0.2) is 26.6 Å². The third-order valence-electron chi connectivity index (χ3n) is 3.40. The van der Waals surface area contributed by atoms with Crippen molar-refractivity contribution < 1.29 is 4.92 Å². The Labute approximate surface area is 151 Å². The molecule has 0 unspecified atom stereocenters. The van der Waals surface area contributed by atoms with Gasteiger partial charge >= 0.3 is 0 Å². The van der Waals surface area contributed by atoms with E-state index in [2.05, 4.69) is 15.0 Å². The predicted octanol–water partition coefficient (Wildman–Crippen LogP) is 2.43. The maximum absolute atomic E-state index is 10.9. The number of amidine groups is 2. The van der Waals surface area contributed by atoms with E-state index in [1.165, 1.54) is 29.7 Å². The second kappa shape index (κ2) is 7.07. The molecule has 10 heteroatoms. The average molecular weight is 367 g/mol. The van der Waals surface area contributed by atoms with Crippen molar-refractivity contribution in [3.63, 3.8) is 0 Å². The molecule has 5 N–H and O–H groups in total. The highest BCUT2D eigenvalue weighted by atomic mass is 32.1. The number of nitrogens with two attached hydrogens (primary N) is 2. The number of pyridine rings is 1. The lowest BCUT2D eigenvalue weighted by atomic mass is 10.1. The fourth-order valence-corrected chi connectivity index (χ4v) is 2.92. The van der Waals surface area contributed by atoms with Gasteiger partial charge in [-0.05, 0) is 12.1 Å². The van der Waals surface area contributed by atoms with Crippen molar-refractivity contribution in [2.75, 3.05) is 0 Å². The van der Waals surface area contributed by atoms with Crippen molar-refractivity contribution in [3.8, 4) is 11.3 Å². The summed E-state index contributed by atoms with van der Waals surface area (Å²) in [6.45, 7) is 0. The zero-order valence-corrected chi connectivity index (χ0v) is 14.1. The Morgan fingerprint density at radius 3 is 2.81 bits per heavy atom. The van der Waals surface area contributed by atoms with Crippen molar-refractivity contribution in [1.29, 1.82) is 5.41 Å². The molecule has 2 aromatic heterocycles. The molecule has 0 aliphatic rings. The first-order chi connectivity index (χ1) is 12.5. The van der Waals surface area contributed by atoms with Crippen LogP contribution in [0.2, 0.25) is 0 Å². The van der Waals surface area contributed by atoms with E-state index in [0.717, 1.165) is 0 Å². The Kier molecular flexibility index (Phi) is 4.67. The summed E-state index contributed by atoms with van der Waals surface area (Å²) in [6, 6.07) is 9.46. The highest BCUT2D eigenvalue weighted by molar-refractivity contribution is 7.13. The van der Waals surface area contributed by atoms with Gasteiger partial charge in [0.15, 0.2) is 5.84 Å². The van der Waals surface area contributed by atoms with Crippen LogP contribution in [0.4, 0.5) is 10.8 Å². The molecule has 3 aromatic rings. The quantitative estimate of drug-likeness (QED) is 0.272. The van der Waals surface area contributed by atoms with Crippen LogP contribution in [0.5, 0.6) is 0 Å². The standard InChI is InChI=1S/C16H13N7O2S/c17-14(18)11-5-2-6-20-13(11)15(19)22-16-21-12(8-26-16)9-3-1-4-10(7-9)23(24)25/h1-8H,(H3,17,18)(H2,19,21,22). The number of non-ortho nitro benzene ring substituents is 1. The van der Waals surface area contributed by atoms with E-state index in [0.29, 0.717) is 27.6 Å².